The van der Waals surface area contributed by atoms with Crippen LogP contribution in [0.2, 0.25) is 0 Å². The van der Waals surface area contributed by atoms with Gasteiger partial charge in [0.25, 0.3) is 0 Å². The molecule has 16 heteroatoms. The maximum absolute atomic E-state index is 12.2. The van der Waals surface area contributed by atoms with Gasteiger partial charge < -0.3 is 79.1 Å². The molecule has 0 aromatic carbocycles. The third-order valence-corrected chi connectivity index (χ3v) is 17.7. The summed E-state index contributed by atoms with van der Waals surface area (Å²) < 4.78 is 45.5. The molecule has 1 spiro atoms. The van der Waals surface area contributed by atoms with Gasteiger partial charge >= 0.3 is 0 Å². The Morgan fingerprint density at radius 1 is 0.717 bits per heavy atom. The smallest absolute Gasteiger partial charge is 0.204 e. The molecule has 5 saturated heterocycles. The van der Waals surface area contributed by atoms with Crippen molar-refractivity contribution in [1.29, 1.82) is 0 Å². The highest BCUT2D eigenvalue weighted by Crippen LogP contribution is 2.72. The Balaban J connectivity index is 1.12. The largest absolute Gasteiger partial charge is 0.393 e. The molecule has 0 radical (unpaired) electrons. The molecule has 4 aliphatic carbocycles. The minimum atomic E-state index is -2.19. The van der Waals surface area contributed by atoms with Crippen molar-refractivity contribution < 1.29 is 79.1 Å². The lowest BCUT2D eigenvalue weighted by atomic mass is 9.43. The van der Waals surface area contributed by atoms with Gasteiger partial charge in [-0.15, -0.1) is 0 Å². The van der Waals surface area contributed by atoms with Crippen LogP contribution in [0.25, 0.3) is 0 Å². The zero-order valence-electron chi connectivity index (χ0n) is 35.7. The van der Waals surface area contributed by atoms with Gasteiger partial charge in [0, 0.05) is 18.3 Å². The molecule has 3 saturated carbocycles. The zero-order valence-corrected chi connectivity index (χ0v) is 35.7. The predicted octanol–water partition coefficient (Wildman–Crippen LogP) is 0.445. The van der Waals surface area contributed by atoms with Crippen LogP contribution >= 0.6 is 0 Å². The lowest BCUT2D eigenvalue weighted by Crippen LogP contribution is -2.75. The predicted molar refractivity (Wildman–Crippen MR) is 208 cm³/mol. The molecule has 8 fully saturated rings. The Hall–Kier alpha value is -0.900. The van der Waals surface area contributed by atoms with Gasteiger partial charge in [0.1, 0.15) is 54.9 Å². The first kappa shape index (κ1) is 44.3. The van der Waals surface area contributed by atoms with Crippen LogP contribution < -0.4 is 0 Å². The fourth-order valence-corrected chi connectivity index (χ4v) is 14.4. The zero-order chi connectivity index (χ0) is 43.0. The monoisotopic (exact) mass is 854 g/mol. The number of allylic oxidation sites excluding steroid dienone is 1. The number of hydrogen-bond acceptors (Lipinski definition) is 16. The second-order valence-corrected chi connectivity index (χ2v) is 20.9. The van der Waals surface area contributed by atoms with Crippen molar-refractivity contribution in [3.63, 3.8) is 0 Å². The Morgan fingerprint density at radius 2 is 1.43 bits per heavy atom. The number of ether oxygens (including phenoxy) is 7. The lowest BCUT2D eigenvalue weighted by molar-refractivity contribution is -0.456. The molecule has 0 aromatic rings. The summed E-state index contributed by atoms with van der Waals surface area (Å²) >= 11 is 0. The Kier molecular flexibility index (Phi) is 11.5. The second kappa shape index (κ2) is 15.6. The maximum atomic E-state index is 12.2. The van der Waals surface area contributed by atoms with E-state index in [9.17, 15) is 46.0 Å². The Labute approximate surface area is 352 Å². The van der Waals surface area contributed by atoms with Crippen molar-refractivity contribution in [2.24, 2.45) is 52.3 Å². The van der Waals surface area contributed by atoms with Gasteiger partial charge in [-0.3, -0.25) is 0 Å². The summed E-state index contributed by atoms with van der Waals surface area (Å²) in [7, 11) is 0. The van der Waals surface area contributed by atoms with Crippen LogP contribution in [0.3, 0.4) is 0 Å². The average molecular weight is 855 g/mol. The molecule has 0 aromatic heterocycles. The summed E-state index contributed by atoms with van der Waals surface area (Å²) in [4.78, 5) is 0. The topological polar surface area (TPSA) is 247 Å². The van der Waals surface area contributed by atoms with Crippen molar-refractivity contribution in [2.75, 3.05) is 13.2 Å². The lowest BCUT2D eigenvalue weighted by Gasteiger charge is -2.65. The van der Waals surface area contributed by atoms with Gasteiger partial charge in [-0.05, 0) is 99.2 Å². The van der Waals surface area contributed by atoms with E-state index in [1.54, 1.807) is 6.92 Å². The van der Waals surface area contributed by atoms with E-state index in [2.05, 4.69) is 33.8 Å². The molecule has 60 heavy (non-hydrogen) atoms. The maximum Gasteiger partial charge on any atom is 0.204 e. The molecule has 0 unspecified atom stereocenters. The first-order chi connectivity index (χ1) is 28.3. The van der Waals surface area contributed by atoms with E-state index in [1.807, 2.05) is 0 Å². The average Bonchev–Trinajstić information content (AvgIpc) is 3.66. The Morgan fingerprint density at radius 3 is 2.15 bits per heavy atom. The van der Waals surface area contributed by atoms with Gasteiger partial charge in [-0.25, -0.2) is 0 Å². The summed E-state index contributed by atoms with van der Waals surface area (Å²) in [6.07, 6.45) is -13.2. The molecule has 9 rings (SSSR count). The van der Waals surface area contributed by atoms with Crippen LogP contribution in [0.5, 0.6) is 0 Å². The molecular formula is C44H70O16. The number of hydrogen-bond donors (Lipinski definition) is 9. The van der Waals surface area contributed by atoms with Gasteiger partial charge in [-0.2, -0.15) is 0 Å². The molecule has 16 nitrogen and oxygen atoms in total. The summed E-state index contributed by atoms with van der Waals surface area (Å²) in [5, 5.41) is 101. The summed E-state index contributed by atoms with van der Waals surface area (Å²) in [5.41, 5.74) is 0.145. The third-order valence-electron chi connectivity index (χ3n) is 17.7. The van der Waals surface area contributed by atoms with E-state index in [1.165, 1.54) is 6.92 Å². The summed E-state index contributed by atoms with van der Waals surface area (Å²) in [6, 6.07) is 0. The normalized spacial score (nSPS) is 60.4. The van der Waals surface area contributed by atoms with Crippen molar-refractivity contribution in [3.8, 4) is 0 Å². The van der Waals surface area contributed by atoms with Crippen molar-refractivity contribution >= 4 is 0 Å². The fourth-order valence-electron chi connectivity index (χ4n) is 14.4. The molecule has 5 heterocycles. The highest BCUT2D eigenvalue weighted by atomic mass is 16.8. The van der Waals surface area contributed by atoms with Crippen LogP contribution in [0.4, 0.5) is 0 Å². The van der Waals surface area contributed by atoms with E-state index < -0.39 is 115 Å². The standard InChI is InChI=1S/C44H70O16/c1-18-9-12-43(55-16-18)19(2)30-28(59-43)15-26-24-8-7-22-13-23(45)14-29(42(22,6)25(24)10-11-41(26,30)5)44(60-39-36(52)33(49)27(46)17-54-39)38(35(51)32(48)21(4)58-44)57-40-37(53)34(50)31(47)20(3)56-40/h7,18-21,23-40,45-53H,8-17H2,1-6H3/t18-,19+,20+,21-,23-,24+,25-,26+,27-,28+,29-,30+,31+,32+,33+,34-,35-,36-,37-,38-,39+,40+,41+,42+,43-,44+/m1/s1. The van der Waals surface area contributed by atoms with Crippen LogP contribution in [-0.4, -0.2) is 163 Å². The minimum absolute atomic E-state index is 0.00472. The van der Waals surface area contributed by atoms with Crippen LogP contribution in [0.1, 0.15) is 92.9 Å². The van der Waals surface area contributed by atoms with Crippen molar-refractivity contribution in [2.45, 2.75) is 196 Å². The first-order valence-corrected chi connectivity index (χ1v) is 22.7. The SMILES string of the molecule is C[C@@H]1CC[C@@]2(OC1)O[C@H]1C[C@H]3[C@H]4CC=C5C[C@@H](O)C[C@@H]([C@@]6(O[C@@H]7OC[C@@H](O)[C@H](O)[C@H]7O)O[C@H](C)[C@H](O)[C@@H](O)[C@H]6O[C@@H]6O[C@@H](C)[C@H](O)[C@@H](O)[C@H]6O)[C@]5(C)[C@@H]4CC[C@]3(C)[C@H]1[C@@H]2C. The van der Waals surface area contributed by atoms with Gasteiger partial charge in [-0.1, -0.05) is 39.3 Å². The molecule has 342 valence electrons. The highest BCUT2D eigenvalue weighted by molar-refractivity contribution is 5.30. The van der Waals surface area contributed by atoms with Crippen LogP contribution in [0.15, 0.2) is 11.6 Å². The van der Waals surface area contributed by atoms with E-state index in [0.29, 0.717) is 30.8 Å². The quantitative estimate of drug-likeness (QED) is 0.170. The van der Waals surface area contributed by atoms with Gasteiger partial charge in [0.15, 0.2) is 18.4 Å². The van der Waals surface area contributed by atoms with Crippen LogP contribution in [0, 0.1) is 52.3 Å². The van der Waals surface area contributed by atoms with Gasteiger partial charge in [0.05, 0.1) is 37.6 Å². The summed E-state index contributed by atoms with van der Waals surface area (Å²) in [6.45, 7) is 12.5. The van der Waals surface area contributed by atoms with E-state index in [-0.39, 0.29) is 35.7 Å². The second-order valence-electron chi connectivity index (χ2n) is 20.9. The fraction of sp³-hybridized carbons (Fsp3) is 0.955. The van der Waals surface area contributed by atoms with Gasteiger partial charge in [0.2, 0.25) is 5.79 Å². The molecule has 5 aliphatic heterocycles. The number of aliphatic hydroxyl groups is 9. The third kappa shape index (κ3) is 6.51. The number of rotatable bonds is 5. The first-order valence-electron chi connectivity index (χ1n) is 22.7. The number of fused-ring (bicyclic) bond motifs is 7. The van der Waals surface area contributed by atoms with E-state index in [4.69, 9.17) is 33.2 Å². The highest BCUT2D eigenvalue weighted by Gasteiger charge is 2.73. The molecular weight excluding hydrogens is 784 g/mol. The number of aliphatic hydroxyl groups excluding tert-OH is 9. The van der Waals surface area contributed by atoms with E-state index in [0.717, 1.165) is 44.1 Å². The van der Waals surface area contributed by atoms with E-state index >= 15 is 0 Å². The molecule has 26 atom stereocenters. The molecule has 9 aliphatic rings. The molecule has 9 N–H and O–H groups in total. The van der Waals surface area contributed by atoms with Crippen molar-refractivity contribution in [1.82, 2.24) is 0 Å². The van der Waals surface area contributed by atoms with Crippen LogP contribution in [-0.2, 0) is 33.2 Å². The Bertz CT molecular complexity index is 1610. The molecule has 0 bridgehead atoms. The van der Waals surface area contributed by atoms with Crippen molar-refractivity contribution in [3.05, 3.63) is 11.6 Å². The molecule has 0 amide bonds. The minimum Gasteiger partial charge on any atom is -0.393 e. The summed E-state index contributed by atoms with van der Waals surface area (Å²) in [5.74, 6) is -2.11.